The van der Waals surface area contributed by atoms with Gasteiger partial charge in [0, 0.05) is 18.2 Å². The van der Waals surface area contributed by atoms with Crippen molar-refractivity contribution in [2.45, 2.75) is 17.9 Å². The highest BCUT2D eigenvalue weighted by Gasteiger charge is 2.19. The average Bonchev–Trinajstić information content (AvgIpc) is 3.11. The van der Waals surface area contributed by atoms with Crippen molar-refractivity contribution in [3.63, 3.8) is 0 Å². The molecule has 0 spiro atoms. The fourth-order valence-electron chi connectivity index (χ4n) is 3.39. The summed E-state index contributed by atoms with van der Waals surface area (Å²) in [7, 11) is -3.87. The lowest BCUT2D eigenvalue weighted by Gasteiger charge is -2.12. The molecule has 0 fully saturated rings. The molecule has 34 heavy (non-hydrogen) atoms. The summed E-state index contributed by atoms with van der Waals surface area (Å²) in [5, 5.41) is 0. The molecule has 174 valence electrons. The number of oxazole rings is 1. The highest BCUT2D eigenvalue weighted by Crippen LogP contribution is 2.32. The number of para-hydroxylation sites is 2. The standard InChI is InChI=1S/C24H20N2O7S/c27-24(32-15-23-25-19-4-1-2-5-20(19)33-23)16-6-8-17(9-7-16)26-34(28,29)18-10-11-21-22(14-18)31-13-3-12-30-21/h1-2,4-11,14,26H,3,12-13,15H2. The molecule has 4 aromatic rings. The zero-order valence-electron chi connectivity index (χ0n) is 17.9. The minimum absolute atomic E-state index is 0.0403. The van der Waals surface area contributed by atoms with Gasteiger partial charge in [0.15, 0.2) is 23.7 Å². The van der Waals surface area contributed by atoms with Crippen molar-refractivity contribution in [3.05, 3.63) is 78.2 Å². The summed E-state index contributed by atoms with van der Waals surface area (Å²) in [5.41, 5.74) is 1.84. The molecule has 3 aromatic carbocycles. The molecule has 10 heteroatoms. The molecule has 0 aliphatic carbocycles. The lowest BCUT2D eigenvalue weighted by Crippen LogP contribution is -2.13. The van der Waals surface area contributed by atoms with Gasteiger partial charge in [0.1, 0.15) is 5.52 Å². The van der Waals surface area contributed by atoms with E-state index in [9.17, 15) is 13.2 Å². The maximum atomic E-state index is 12.8. The molecule has 0 atom stereocenters. The van der Waals surface area contributed by atoms with Crippen molar-refractivity contribution in [1.82, 2.24) is 4.98 Å². The zero-order valence-corrected chi connectivity index (χ0v) is 18.7. The van der Waals surface area contributed by atoms with Crippen LogP contribution in [0.15, 0.2) is 76.0 Å². The maximum Gasteiger partial charge on any atom is 0.338 e. The second-order valence-electron chi connectivity index (χ2n) is 7.49. The molecule has 1 N–H and O–H groups in total. The highest BCUT2D eigenvalue weighted by atomic mass is 32.2. The summed E-state index contributed by atoms with van der Waals surface area (Å²) in [5.74, 6) is 0.600. The van der Waals surface area contributed by atoms with E-state index in [0.717, 1.165) is 6.42 Å². The number of aromatic nitrogens is 1. The van der Waals surface area contributed by atoms with Crippen molar-refractivity contribution in [2.75, 3.05) is 17.9 Å². The minimum atomic E-state index is -3.87. The van der Waals surface area contributed by atoms with Gasteiger partial charge in [-0.1, -0.05) is 12.1 Å². The summed E-state index contributed by atoms with van der Waals surface area (Å²) in [6, 6.07) is 17.6. The van der Waals surface area contributed by atoms with Gasteiger partial charge >= 0.3 is 5.97 Å². The number of ether oxygens (including phenoxy) is 3. The number of hydrogen-bond acceptors (Lipinski definition) is 8. The van der Waals surface area contributed by atoms with Crippen LogP contribution in [0, 0.1) is 0 Å². The molecule has 0 radical (unpaired) electrons. The summed E-state index contributed by atoms with van der Waals surface area (Å²) in [6.07, 6.45) is 0.721. The fraction of sp³-hybridized carbons (Fsp3) is 0.167. The monoisotopic (exact) mass is 480 g/mol. The first-order valence-corrected chi connectivity index (χ1v) is 12.0. The van der Waals surface area contributed by atoms with E-state index >= 15 is 0 Å². The number of esters is 1. The van der Waals surface area contributed by atoms with Gasteiger partial charge in [-0.25, -0.2) is 18.2 Å². The van der Waals surface area contributed by atoms with Crippen molar-refractivity contribution in [3.8, 4) is 11.5 Å². The molecule has 2 heterocycles. The predicted molar refractivity (Wildman–Crippen MR) is 122 cm³/mol. The van der Waals surface area contributed by atoms with E-state index in [1.54, 1.807) is 18.2 Å². The second kappa shape index (κ2) is 9.06. The number of nitrogens with one attached hydrogen (secondary N) is 1. The Morgan fingerprint density at radius 2 is 1.74 bits per heavy atom. The highest BCUT2D eigenvalue weighted by molar-refractivity contribution is 7.92. The first kappa shape index (κ1) is 21.8. The van der Waals surface area contributed by atoms with Crippen LogP contribution in [0.2, 0.25) is 0 Å². The first-order chi connectivity index (χ1) is 16.5. The molecule has 0 amide bonds. The van der Waals surface area contributed by atoms with Crippen molar-refractivity contribution < 1.29 is 31.8 Å². The Hall–Kier alpha value is -4.05. The summed E-state index contributed by atoms with van der Waals surface area (Å²) in [6.45, 7) is 0.848. The smallest absolute Gasteiger partial charge is 0.338 e. The van der Waals surface area contributed by atoms with Gasteiger partial charge in [-0.05, 0) is 48.5 Å². The van der Waals surface area contributed by atoms with Crippen LogP contribution < -0.4 is 14.2 Å². The number of anilines is 1. The Morgan fingerprint density at radius 3 is 2.53 bits per heavy atom. The molecule has 0 bridgehead atoms. The number of carbonyl (C=O) groups is 1. The molecule has 1 aromatic heterocycles. The molecule has 0 saturated carbocycles. The molecule has 1 aliphatic rings. The van der Waals surface area contributed by atoms with E-state index < -0.39 is 16.0 Å². The van der Waals surface area contributed by atoms with Crippen LogP contribution in [0.5, 0.6) is 11.5 Å². The Labute approximate surface area is 195 Å². The molecule has 1 aliphatic heterocycles. The largest absolute Gasteiger partial charge is 0.490 e. The number of hydrogen-bond donors (Lipinski definition) is 1. The van der Waals surface area contributed by atoms with Crippen LogP contribution >= 0.6 is 0 Å². The van der Waals surface area contributed by atoms with E-state index in [2.05, 4.69) is 9.71 Å². The van der Waals surface area contributed by atoms with Crippen LogP contribution in [-0.2, 0) is 21.4 Å². The van der Waals surface area contributed by atoms with Gasteiger partial charge in [-0.3, -0.25) is 4.72 Å². The molecular formula is C24H20N2O7S. The van der Waals surface area contributed by atoms with Gasteiger partial charge in [-0.2, -0.15) is 0 Å². The Balaban J connectivity index is 1.23. The molecule has 0 saturated heterocycles. The predicted octanol–water partition coefficient (Wildman–Crippen LogP) is 4.15. The Kier molecular flexibility index (Phi) is 5.81. The summed E-state index contributed by atoms with van der Waals surface area (Å²) >= 11 is 0. The number of carbonyl (C=O) groups excluding carboxylic acids is 1. The van der Waals surface area contributed by atoms with Crippen molar-refractivity contribution in [1.29, 1.82) is 0 Å². The summed E-state index contributed by atoms with van der Waals surface area (Å²) < 4.78 is 50.0. The topological polar surface area (TPSA) is 117 Å². The second-order valence-corrected chi connectivity index (χ2v) is 9.18. The maximum absolute atomic E-state index is 12.8. The number of nitrogens with zero attached hydrogens (tertiary/aromatic N) is 1. The number of rotatable bonds is 6. The van der Waals surface area contributed by atoms with Gasteiger partial charge in [-0.15, -0.1) is 0 Å². The first-order valence-electron chi connectivity index (χ1n) is 10.5. The molecular weight excluding hydrogens is 460 g/mol. The Bertz CT molecular complexity index is 1410. The Morgan fingerprint density at radius 1 is 0.971 bits per heavy atom. The molecule has 5 rings (SSSR count). The van der Waals surface area contributed by atoms with Gasteiger partial charge < -0.3 is 18.6 Å². The molecule has 0 unspecified atom stereocenters. The van der Waals surface area contributed by atoms with Gasteiger partial charge in [0.2, 0.25) is 5.89 Å². The van der Waals surface area contributed by atoms with Gasteiger partial charge in [0.05, 0.1) is 23.7 Å². The lowest BCUT2D eigenvalue weighted by atomic mass is 10.2. The van der Waals surface area contributed by atoms with E-state index in [1.165, 1.54) is 36.4 Å². The third-order valence-electron chi connectivity index (χ3n) is 5.07. The van der Waals surface area contributed by atoms with Crippen LogP contribution in [0.4, 0.5) is 5.69 Å². The summed E-state index contributed by atoms with van der Waals surface area (Å²) in [4.78, 5) is 16.7. The molecule has 9 nitrogen and oxygen atoms in total. The van der Waals surface area contributed by atoms with Crippen LogP contribution in [0.3, 0.4) is 0 Å². The van der Waals surface area contributed by atoms with E-state index in [-0.39, 0.29) is 23.0 Å². The average molecular weight is 480 g/mol. The van der Waals surface area contributed by atoms with Crippen molar-refractivity contribution >= 4 is 32.8 Å². The quantitative estimate of drug-likeness (QED) is 0.409. The number of benzene rings is 3. The lowest BCUT2D eigenvalue weighted by molar-refractivity contribution is 0.0440. The number of fused-ring (bicyclic) bond motifs is 2. The van der Waals surface area contributed by atoms with E-state index in [1.807, 2.05) is 12.1 Å². The van der Waals surface area contributed by atoms with Crippen LogP contribution in [-0.4, -0.2) is 32.6 Å². The third kappa shape index (κ3) is 4.67. The zero-order chi connectivity index (χ0) is 23.5. The number of sulfonamides is 1. The van der Waals surface area contributed by atoms with Crippen LogP contribution in [0.25, 0.3) is 11.1 Å². The van der Waals surface area contributed by atoms with Crippen molar-refractivity contribution in [2.24, 2.45) is 0 Å². The minimum Gasteiger partial charge on any atom is -0.490 e. The van der Waals surface area contributed by atoms with E-state index in [0.29, 0.717) is 41.5 Å². The third-order valence-corrected chi connectivity index (χ3v) is 6.45. The normalized spacial score (nSPS) is 13.3. The SMILES string of the molecule is O=C(OCc1nc2ccccc2o1)c1ccc(NS(=O)(=O)c2ccc3c(c2)OCCCO3)cc1. The fourth-order valence-corrected chi connectivity index (χ4v) is 4.47. The van der Waals surface area contributed by atoms with E-state index in [4.69, 9.17) is 18.6 Å². The van der Waals surface area contributed by atoms with Crippen LogP contribution in [0.1, 0.15) is 22.7 Å². The van der Waals surface area contributed by atoms with Gasteiger partial charge in [0.25, 0.3) is 10.0 Å².